The standard InChI is InChI=1S/C31H34FN5O3/c32-26-10-4-9-24(21-26)30(39)37-17-6-16-35(19-20-37)28-12-11-25(31(40)36-15-5-13-33-14-18-36)22-27(28)34-29(38)23-7-2-1-3-8-23/h1-4,7-12,21-22,33H,5-6,13-20H2,(H,34,38). The summed E-state index contributed by atoms with van der Waals surface area (Å²) < 4.78 is 13.7. The highest BCUT2D eigenvalue weighted by Gasteiger charge is 2.24. The van der Waals surface area contributed by atoms with Crippen LogP contribution in [0.1, 0.15) is 43.9 Å². The molecule has 208 valence electrons. The van der Waals surface area contributed by atoms with E-state index in [0.29, 0.717) is 68.1 Å². The van der Waals surface area contributed by atoms with Crippen molar-refractivity contribution in [1.29, 1.82) is 0 Å². The summed E-state index contributed by atoms with van der Waals surface area (Å²) in [6.45, 7) is 5.12. The lowest BCUT2D eigenvalue weighted by atomic mass is 10.1. The van der Waals surface area contributed by atoms with E-state index < -0.39 is 5.82 Å². The normalized spacial score (nSPS) is 16.2. The van der Waals surface area contributed by atoms with Crippen molar-refractivity contribution in [3.05, 3.63) is 95.3 Å². The molecular weight excluding hydrogens is 509 g/mol. The van der Waals surface area contributed by atoms with Gasteiger partial charge in [-0.15, -0.1) is 0 Å². The molecule has 3 aromatic rings. The molecule has 9 heteroatoms. The Kier molecular flexibility index (Phi) is 8.71. The summed E-state index contributed by atoms with van der Waals surface area (Å²) in [5, 5.41) is 6.35. The van der Waals surface area contributed by atoms with E-state index in [1.165, 1.54) is 12.1 Å². The van der Waals surface area contributed by atoms with Gasteiger partial charge in [0.25, 0.3) is 17.7 Å². The topological polar surface area (TPSA) is 85.0 Å². The first-order chi connectivity index (χ1) is 19.5. The van der Waals surface area contributed by atoms with Crippen molar-refractivity contribution in [3.63, 3.8) is 0 Å². The average molecular weight is 544 g/mol. The number of hydrogen-bond acceptors (Lipinski definition) is 5. The highest BCUT2D eigenvalue weighted by molar-refractivity contribution is 6.07. The van der Waals surface area contributed by atoms with Crippen LogP contribution < -0.4 is 15.5 Å². The van der Waals surface area contributed by atoms with Crippen molar-refractivity contribution < 1.29 is 18.8 Å². The first-order valence-electron chi connectivity index (χ1n) is 13.8. The molecule has 2 aliphatic rings. The van der Waals surface area contributed by atoms with Crippen molar-refractivity contribution in [2.45, 2.75) is 12.8 Å². The summed E-state index contributed by atoms with van der Waals surface area (Å²) in [7, 11) is 0. The molecule has 3 aromatic carbocycles. The molecule has 2 N–H and O–H groups in total. The van der Waals surface area contributed by atoms with Gasteiger partial charge in [-0.1, -0.05) is 24.3 Å². The molecule has 2 heterocycles. The number of benzene rings is 3. The molecule has 8 nitrogen and oxygen atoms in total. The number of rotatable bonds is 5. The summed E-state index contributed by atoms with van der Waals surface area (Å²) in [5.41, 5.74) is 2.71. The van der Waals surface area contributed by atoms with Gasteiger partial charge in [-0.2, -0.15) is 0 Å². The van der Waals surface area contributed by atoms with Gasteiger partial charge in [-0.3, -0.25) is 14.4 Å². The van der Waals surface area contributed by atoms with Crippen LogP contribution in [-0.4, -0.2) is 79.9 Å². The third-order valence-corrected chi connectivity index (χ3v) is 7.35. The molecular formula is C31H34FN5O3. The number of halogens is 1. The van der Waals surface area contributed by atoms with Gasteiger partial charge in [-0.25, -0.2) is 4.39 Å². The lowest BCUT2D eigenvalue weighted by molar-refractivity contribution is 0.0759. The molecule has 0 unspecified atom stereocenters. The number of anilines is 2. The molecule has 2 fully saturated rings. The molecule has 0 bridgehead atoms. The van der Waals surface area contributed by atoms with Gasteiger partial charge in [0.05, 0.1) is 11.4 Å². The van der Waals surface area contributed by atoms with E-state index in [1.54, 1.807) is 35.2 Å². The van der Waals surface area contributed by atoms with Crippen molar-refractivity contribution in [2.24, 2.45) is 0 Å². The Morgan fingerprint density at radius 3 is 2.20 bits per heavy atom. The molecule has 2 aliphatic heterocycles. The molecule has 5 rings (SSSR count). The lowest BCUT2D eigenvalue weighted by Crippen LogP contribution is -2.35. The number of hydrogen-bond donors (Lipinski definition) is 2. The largest absolute Gasteiger partial charge is 0.368 e. The molecule has 0 atom stereocenters. The van der Waals surface area contributed by atoms with Crippen LogP contribution in [0.3, 0.4) is 0 Å². The molecule has 0 radical (unpaired) electrons. The second-order valence-electron chi connectivity index (χ2n) is 10.1. The molecule has 0 aromatic heterocycles. The van der Waals surface area contributed by atoms with Crippen molar-refractivity contribution in [1.82, 2.24) is 15.1 Å². The van der Waals surface area contributed by atoms with E-state index in [1.807, 2.05) is 35.2 Å². The van der Waals surface area contributed by atoms with Gasteiger partial charge < -0.3 is 25.3 Å². The third-order valence-electron chi connectivity index (χ3n) is 7.35. The van der Waals surface area contributed by atoms with Crippen LogP contribution in [0.4, 0.5) is 15.8 Å². The van der Waals surface area contributed by atoms with E-state index >= 15 is 0 Å². The molecule has 0 aliphatic carbocycles. The van der Waals surface area contributed by atoms with Gasteiger partial charge in [0.15, 0.2) is 0 Å². The first-order valence-corrected chi connectivity index (χ1v) is 13.8. The van der Waals surface area contributed by atoms with Crippen LogP contribution >= 0.6 is 0 Å². The van der Waals surface area contributed by atoms with E-state index in [0.717, 1.165) is 25.2 Å². The maximum absolute atomic E-state index is 13.7. The smallest absolute Gasteiger partial charge is 0.255 e. The summed E-state index contributed by atoms with van der Waals surface area (Å²) in [4.78, 5) is 45.3. The van der Waals surface area contributed by atoms with Crippen molar-refractivity contribution in [3.8, 4) is 0 Å². The van der Waals surface area contributed by atoms with Crippen LogP contribution in [0.2, 0.25) is 0 Å². The predicted molar refractivity (Wildman–Crippen MR) is 153 cm³/mol. The van der Waals surface area contributed by atoms with E-state index in [9.17, 15) is 18.8 Å². The minimum absolute atomic E-state index is 0.0619. The summed E-state index contributed by atoms with van der Waals surface area (Å²) >= 11 is 0. The number of carbonyl (C=O) groups is 3. The third kappa shape index (κ3) is 6.48. The minimum atomic E-state index is -0.438. The van der Waals surface area contributed by atoms with Crippen molar-refractivity contribution >= 4 is 29.1 Å². The van der Waals surface area contributed by atoms with E-state index in [2.05, 4.69) is 15.5 Å². The van der Waals surface area contributed by atoms with E-state index in [4.69, 9.17) is 0 Å². The maximum atomic E-state index is 13.7. The fourth-order valence-corrected chi connectivity index (χ4v) is 5.23. The second kappa shape index (κ2) is 12.7. The molecule has 0 spiro atoms. The summed E-state index contributed by atoms with van der Waals surface area (Å²) in [6.07, 6.45) is 1.59. The number of carbonyl (C=O) groups excluding carboxylic acids is 3. The lowest BCUT2D eigenvalue weighted by Gasteiger charge is -2.27. The van der Waals surface area contributed by atoms with Crippen LogP contribution in [-0.2, 0) is 0 Å². The Labute approximate surface area is 233 Å². The van der Waals surface area contributed by atoms with Gasteiger partial charge in [0.2, 0.25) is 0 Å². The van der Waals surface area contributed by atoms with Gasteiger partial charge in [-0.05, 0) is 67.9 Å². The number of amides is 3. The summed E-state index contributed by atoms with van der Waals surface area (Å²) in [6, 6.07) is 20.2. The molecule has 0 saturated carbocycles. The summed E-state index contributed by atoms with van der Waals surface area (Å²) in [5.74, 6) is -0.963. The van der Waals surface area contributed by atoms with Gasteiger partial charge in [0.1, 0.15) is 5.82 Å². The monoisotopic (exact) mass is 543 g/mol. The fraction of sp³-hybridized carbons (Fsp3) is 0.323. The molecule has 3 amide bonds. The zero-order chi connectivity index (χ0) is 27.9. The Hall–Kier alpha value is -4.24. The van der Waals surface area contributed by atoms with Crippen LogP contribution in [0.5, 0.6) is 0 Å². The Morgan fingerprint density at radius 2 is 1.40 bits per heavy atom. The van der Waals surface area contributed by atoms with Gasteiger partial charge >= 0.3 is 0 Å². The zero-order valence-corrected chi connectivity index (χ0v) is 22.4. The SMILES string of the molecule is O=C(Nc1cc(C(=O)N2CCCNCC2)ccc1N1CCCN(C(=O)c2cccc(F)c2)CC1)c1ccccc1. The zero-order valence-electron chi connectivity index (χ0n) is 22.4. The minimum Gasteiger partial charge on any atom is -0.368 e. The fourth-order valence-electron chi connectivity index (χ4n) is 5.23. The second-order valence-corrected chi connectivity index (χ2v) is 10.1. The highest BCUT2D eigenvalue weighted by atomic mass is 19.1. The van der Waals surface area contributed by atoms with Gasteiger partial charge in [0, 0.05) is 62.5 Å². The highest BCUT2D eigenvalue weighted by Crippen LogP contribution is 2.30. The van der Waals surface area contributed by atoms with E-state index in [-0.39, 0.29) is 17.7 Å². The predicted octanol–water partition coefficient (Wildman–Crippen LogP) is 3.87. The number of nitrogens with zero attached hydrogens (tertiary/aromatic N) is 3. The number of nitrogens with one attached hydrogen (secondary N) is 2. The van der Waals surface area contributed by atoms with Crippen molar-refractivity contribution in [2.75, 3.05) is 62.6 Å². The quantitative estimate of drug-likeness (QED) is 0.511. The van der Waals surface area contributed by atoms with Crippen LogP contribution in [0.15, 0.2) is 72.8 Å². The van der Waals surface area contributed by atoms with Crippen LogP contribution in [0.25, 0.3) is 0 Å². The molecule has 40 heavy (non-hydrogen) atoms. The Balaban J connectivity index is 1.39. The Bertz CT molecular complexity index is 1360. The molecule has 2 saturated heterocycles. The first kappa shape index (κ1) is 27.3. The van der Waals surface area contributed by atoms with Crippen LogP contribution in [0, 0.1) is 5.82 Å². The Morgan fingerprint density at radius 1 is 0.675 bits per heavy atom. The maximum Gasteiger partial charge on any atom is 0.255 e. The average Bonchev–Trinajstić information content (AvgIpc) is 3.41.